The van der Waals surface area contributed by atoms with E-state index in [9.17, 15) is 8.42 Å². The molecule has 118 valence electrons. The number of sulfonamides is 1. The largest absolute Gasteiger partial charge is 0.497 e. The Labute approximate surface area is 136 Å². The molecule has 2 aromatic rings. The number of hydrogen-bond acceptors (Lipinski definition) is 3. The molecule has 0 spiro atoms. The zero-order chi connectivity index (χ0) is 16.3. The second-order valence-corrected chi connectivity index (χ2v) is 7.12. The summed E-state index contributed by atoms with van der Waals surface area (Å²) >= 11 is 6.05. The summed E-state index contributed by atoms with van der Waals surface area (Å²) in [4.78, 5) is 0.278. The molecule has 22 heavy (non-hydrogen) atoms. The number of benzene rings is 2. The molecule has 0 radical (unpaired) electrons. The van der Waals surface area contributed by atoms with E-state index in [0.717, 1.165) is 5.56 Å². The fraction of sp³-hybridized carbons (Fsp3) is 0.250. The smallest absolute Gasteiger partial charge is 0.241 e. The molecule has 0 unspecified atom stereocenters. The first-order valence-corrected chi connectivity index (χ1v) is 8.59. The van der Waals surface area contributed by atoms with Crippen LogP contribution in [-0.2, 0) is 16.6 Å². The van der Waals surface area contributed by atoms with Gasteiger partial charge < -0.3 is 4.74 Å². The van der Waals surface area contributed by atoms with E-state index < -0.39 is 10.0 Å². The molecule has 4 nitrogen and oxygen atoms in total. The van der Waals surface area contributed by atoms with E-state index in [0.29, 0.717) is 21.9 Å². The Balaban J connectivity index is 2.30. The van der Waals surface area contributed by atoms with E-state index in [2.05, 4.69) is 4.72 Å². The zero-order valence-corrected chi connectivity index (χ0v) is 14.3. The van der Waals surface area contributed by atoms with E-state index in [4.69, 9.17) is 16.3 Å². The quantitative estimate of drug-likeness (QED) is 0.907. The first-order valence-electron chi connectivity index (χ1n) is 6.73. The standard InChI is InChI=1S/C16H18ClNO3S/c1-11-8-14(21-3)9-12(2)16(11)22(19,20)18-10-13-6-4-5-7-15(13)17/h4-9,18H,10H2,1-3H3. The van der Waals surface area contributed by atoms with Gasteiger partial charge in [0.2, 0.25) is 10.0 Å². The van der Waals surface area contributed by atoms with Crippen LogP contribution < -0.4 is 9.46 Å². The fourth-order valence-corrected chi connectivity index (χ4v) is 4.00. The minimum atomic E-state index is -3.63. The number of hydrogen-bond donors (Lipinski definition) is 1. The van der Waals surface area contributed by atoms with Crippen molar-refractivity contribution in [2.45, 2.75) is 25.3 Å². The Morgan fingerprint density at radius 1 is 1.14 bits per heavy atom. The summed E-state index contributed by atoms with van der Waals surface area (Å²) in [5.41, 5.74) is 2.02. The van der Waals surface area contributed by atoms with Crippen LogP contribution in [0.25, 0.3) is 0 Å². The number of nitrogens with one attached hydrogen (secondary N) is 1. The third kappa shape index (κ3) is 3.61. The Kier molecular flexibility index (Phi) is 5.11. The van der Waals surface area contributed by atoms with Gasteiger partial charge >= 0.3 is 0 Å². The van der Waals surface area contributed by atoms with Crippen molar-refractivity contribution >= 4 is 21.6 Å². The highest BCUT2D eigenvalue weighted by molar-refractivity contribution is 7.89. The Morgan fingerprint density at radius 2 is 1.73 bits per heavy atom. The van der Waals surface area contributed by atoms with Gasteiger partial charge in [0.05, 0.1) is 12.0 Å². The van der Waals surface area contributed by atoms with Crippen molar-refractivity contribution in [3.8, 4) is 5.75 Å². The van der Waals surface area contributed by atoms with Crippen LogP contribution in [-0.4, -0.2) is 15.5 Å². The van der Waals surface area contributed by atoms with Crippen molar-refractivity contribution in [3.63, 3.8) is 0 Å². The molecule has 0 aromatic heterocycles. The summed E-state index contributed by atoms with van der Waals surface area (Å²) in [5.74, 6) is 0.639. The maximum atomic E-state index is 12.6. The van der Waals surface area contributed by atoms with Crippen LogP contribution in [0.15, 0.2) is 41.3 Å². The first-order chi connectivity index (χ1) is 10.3. The maximum Gasteiger partial charge on any atom is 0.241 e. The highest BCUT2D eigenvalue weighted by atomic mass is 35.5. The molecule has 0 fully saturated rings. The monoisotopic (exact) mass is 339 g/mol. The van der Waals surface area contributed by atoms with Crippen molar-refractivity contribution in [3.05, 3.63) is 58.1 Å². The summed E-state index contributed by atoms with van der Waals surface area (Å²) < 4.78 is 32.9. The minimum Gasteiger partial charge on any atom is -0.497 e. The number of ether oxygens (including phenoxy) is 1. The Hall–Kier alpha value is -1.56. The molecule has 0 atom stereocenters. The predicted molar refractivity (Wildman–Crippen MR) is 87.9 cm³/mol. The fourth-order valence-electron chi connectivity index (χ4n) is 2.34. The lowest BCUT2D eigenvalue weighted by Crippen LogP contribution is -2.25. The predicted octanol–water partition coefficient (Wildman–Crippen LogP) is 3.44. The first kappa shape index (κ1) is 16.8. The van der Waals surface area contributed by atoms with E-state index >= 15 is 0 Å². The SMILES string of the molecule is COc1cc(C)c(S(=O)(=O)NCc2ccccc2Cl)c(C)c1. The van der Waals surface area contributed by atoms with Crippen LogP contribution in [0.4, 0.5) is 0 Å². The van der Waals surface area contributed by atoms with E-state index in [1.807, 2.05) is 6.07 Å². The Bertz CT molecular complexity index is 765. The molecule has 1 N–H and O–H groups in total. The lowest BCUT2D eigenvalue weighted by atomic mass is 10.1. The second kappa shape index (κ2) is 6.69. The van der Waals surface area contributed by atoms with Gasteiger partial charge in [-0.2, -0.15) is 0 Å². The number of rotatable bonds is 5. The van der Waals surface area contributed by atoms with Gasteiger partial charge in [0, 0.05) is 11.6 Å². The molecule has 6 heteroatoms. The minimum absolute atomic E-state index is 0.146. The average Bonchev–Trinajstić information content (AvgIpc) is 2.45. The summed E-state index contributed by atoms with van der Waals surface area (Å²) in [6, 6.07) is 10.6. The summed E-state index contributed by atoms with van der Waals surface area (Å²) in [7, 11) is -2.07. The Morgan fingerprint density at radius 3 is 2.27 bits per heavy atom. The molecule has 0 aliphatic heterocycles. The van der Waals surface area contributed by atoms with Crippen molar-refractivity contribution in [2.24, 2.45) is 0 Å². The number of halogens is 1. The summed E-state index contributed by atoms with van der Waals surface area (Å²) in [6.45, 7) is 3.64. The number of aryl methyl sites for hydroxylation is 2. The zero-order valence-electron chi connectivity index (χ0n) is 12.7. The van der Waals surface area contributed by atoms with Gasteiger partial charge in [-0.05, 0) is 48.7 Å². The van der Waals surface area contributed by atoms with Crippen molar-refractivity contribution < 1.29 is 13.2 Å². The van der Waals surface area contributed by atoms with Crippen molar-refractivity contribution in [2.75, 3.05) is 7.11 Å². The molecule has 0 amide bonds. The highest BCUT2D eigenvalue weighted by Crippen LogP contribution is 2.26. The van der Waals surface area contributed by atoms with Gasteiger partial charge in [-0.25, -0.2) is 13.1 Å². The normalized spacial score (nSPS) is 11.5. The molecule has 0 aliphatic rings. The highest BCUT2D eigenvalue weighted by Gasteiger charge is 2.20. The van der Waals surface area contributed by atoms with Crippen LogP contribution in [0, 0.1) is 13.8 Å². The van der Waals surface area contributed by atoms with Gasteiger partial charge in [0.25, 0.3) is 0 Å². The third-order valence-corrected chi connectivity index (χ3v) is 5.42. The molecular weight excluding hydrogens is 322 g/mol. The van der Waals surface area contributed by atoms with Gasteiger partial charge in [-0.15, -0.1) is 0 Å². The third-order valence-electron chi connectivity index (χ3n) is 3.35. The summed E-state index contributed by atoms with van der Waals surface area (Å²) in [5, 5.41) is 0.536. The molecule has 0 saturated heterocycles. The van der Waals surface area contributed by atoms with Crippen LogP contribution >= 0.6 is 11.6 Å². The van der Waals surface area contributed by atoms with Crippen LogP contribution in [0.5, 0.6) is 5.75 Å². The van der Waals surface area contributed by atoms with E-state index in [-0.39, 0.29) is 11.4 Å². The molecule has 0 bridgehead atoms. The number of methoxy groups -OCH3 is 1. The van der Waals surface area contributed by atoms with Gasteiger partial charge in [0.1, 0.15) is 5.75 Å². The summed E-state index contributed by atoms with van der Waals surface area (Å²) in [6.07, 6.45) is 0. The van der Waals surface area contributed by atoms with E-state index in [1.54, 1.807) is 51.3 Å². The van der Waals surface area contributed by atoms with E-state index in [1.165, 1.54) is 0 Å². The van der Waals surface area contributed by atoms with Crippen molar-refractivity contribution in [1.82, 2.24) is 4.72 Å². The molecule has 2 rings (SSSR count). The lowest BCUT2D eigenvalue weighted by Gasteiger charge is -2.14. The lowest BCUT2D eigenvalue weighted by molar-refractivity contribution is 0.413. The topological polar surface area (TPSA) is 55.4 Å². The second-order valence-electron chi connectivity index (χ2n) is 5.01. The van der Waals surface area contributed by atoms with Gasteiger partial charge in [0.15, 0.2) is 0 Å². The van der Waals surface area contributed by atoms with Crippen molar-refractivity contribution in [1.29, 1.82) is 0 Å². The maximum absolute atomic E-state index is 12.6. The molecule has 0 aliphatic carbocycles. The molecule has 2 aromatic carbocycles. The van der Waals surface area contributed by atoms with Crippen LogP contribution in [0.2, 0.25) is 5.02 Å². The molecule has 0 saturated carbocycles. The molecular formula is C16H18ClNO3S. The van der Waals surface area contributed by atoms with Crippen LogP contribution in [0.1, 0.15) is 16.7 Å². The van der Waals surface area contributed by atoms with Gasteiger partial charge in [-0.3, -0.25) is 0 Å². The average molecular weight is 340 g/mol. The van der Waals surface area contributed by atoms with Crippen LogP contribution in [0.3, 0.4) is 0 Å². The van der Waals surface area contributed by atoms with Gasteiger partial charge in [-0.1, -0.05) is 29.8 Å². The molecule has 0 heterocycles.